The number of rotatable bonds is 4. The van der Waals surface area contributed by atoms with E-state index in [2.05, 4.69) is 35.1 Å². The molecule has 1 aromatic heterocycles. The number of phenolic OH excluding ortho intramolecular Hbond substituents is 1. The van der Waals surface area contributed by atoms with Gasteiger partial charge in [0.05, 0.1) is 0 Å². The van der Waals surface area contributed by atoms with Gasteiger partial charge in [-0.2, -0.15) is 0 Å². The molecule has 1 saturated heterocycles. The number of anilines is 1. The van der Waals surface area contributed by atoms with Crippen LogP contribution in [0.15, 0.2) is 54.9 Å². The van der Waals surface area contributed by atoms with E-state index in [-0.39, 0.29) is 11.3 Å². The third-order valence-corrected chi connectivity index (χ3v) is 7.69. The number of aromatic hydroxyl groups is 1. The Morgan fingerprint density at radius 1 is 1.29 bits per heavy atom. The van der Waals surface area contributed by atoms with E-state index in [1.807, 2.05) is 36.5 Å². The summed E-state index contributed by atoms with van der Waals surface area (Å²) in [5, 5.41) is 15.2. The van der Waals surface area contributed by atoms with Crippen molar-refractivity contribution in [3.8, 4) is 5.75 Å². The smallest absolute Gasteiger partial charge is 0.225 e. The first-order valence-electron chi connectivity index (χ1n) is 11.1. The van der Waals surface area contributed by atoms with Crippen LogP contribution >= 0.6 is 0 Å². The summed E-state index contributed by atoms with van der Waals surface area (Å²) in [7, 11) is 0. The summed E-state index contributed by atoms with van der Waals surface area (Å²) in [6.45, 7) is 6.40. The minimum Gasteiger partial charge on any atom is -0.508 e. The highest BCUT2D eigenvalue weighted by molar-refractivity contribution is 6.01. The van der Waals surface area contributed by atoms with E-state index in [1.165, 1.54) is 11.1 Å². The average molecular weight is 416 g/mol. The fourth-order valence-electron chi connectivity index (χ4n) is 5.66. The number of phenols is 1. The lowest BCUT2D eigenvalue weighted by atomic mass is 9.59. The van der Waals surface area contributed by atoms with Crippen LogP contribution in [0.1, 0.15) is 37.8 Å². The number of carbonyl (C=O) groups is 1. The van der Waals surface area contributed by atoms with E-state index in [0.717, 1.165) is 42.4 Å². The standard InChI is InChI=1S/C26H29N3O2/c1-17-24-14-18-6-7-20(30)15-22(18)26(17,2)10-13-29(24)12-9-25(31)28-23-5-3-4-19-16-27-11-8-21(19)23/h3-8,11,15-17,24,30H,9-10,12-14H2,1-2H3,(H,28,31)/t17-,24+,26+/m0/s1. The Kier molecular flexibility index (Phi) is 4.94. The Hall–Kier alpha value is -2.92. The minimum atomic E-state index is 0.0476. The van der Waals surface area contributed by atoms with E-state index in [1.54, 1.807) is 12.3 Å². The quantitative estimate of drug-likeness (QED) is 0.659. The second-order valence-electron chi connectivity index (χ2n) is 9.31. The zero-order valence-corrected chi connectivity index (χ0v) is 18.1. The van der Waals surface area contributed by atoms with Crippen molar-refractivity contribution in [3.63, 3.8) is 0 Å². The molecule has 0 spiro atoms. The highest BCUT2D eigenvalue weighted by Gasteiger charge is 2.48. The number of carbonyl (C=O) groups excluding carboxylic acids is 1. The first-order valence-corrected chi connectivity index (χ1v) is 11.1. The molecule has 1 aliphatic carbocycles. The van der Waals surface area contributed by atoms with Gasteiger partial charge in [-0.3, -0.25) is 14.7 Å². The normalized spacial score (nSPS) is 25.2. The van der Waals surface area contributed by atoms with Crippen LogP contribution in [0.3, 0.4) is 0 Å². The number of hydrogen-bond donors (Lipinski definition) is 2. The van der Waals surface area contributed by atoms with Crippen molar-refractivity contribution in [2.24, 2.45) is 5.92 Å². The van der Waals surface area contributed by atoms with Crippen molar-refractivity contribution >= 4 is 22.4 Å². The number of benzene rings is 2. The molecule has 2 aromatic carbocycles. The second-order valence-corrected chi connectivity index (χ2v) is 9.31. The summed E-state index contributed by atoms with van der Waals surface area (Å²) in [5.74, 6) is 0.879. The molecule has 1 aliphatic heterocycles. The molecule has 0 radical (unpaired) electrons. The minimum absolute atomic E-state index is 0.0476. The van der Waals surface area contributed by atoms with E-state index < -0.39 is 0 Å². The van der Waals surface area contributed by atoms with Gasteiger partial charge in [0.1, 0.15) is 5.75 Å². The molecule has 5 nitrogen and oxygen atoms in total. The van der Waals surface area contributed by atoms with Crippen LogP contribution in [-0.4, -0.2) is 40.0 Å². The number of hydrogen-bond acceptors (Lipinski definition) is 4. The fraction of sp³-hybridized carbons (Fsp3) is 0.385. The van der Waals surface area contributed by atoms with Gasteiger partial charge in [0, 0.05) is 47.9 Å². The van der Waals surface area contributed by atoms with E-state index >= 15 is 0 Å². The Morgan fingerprint density at radius 3 is 3.03 bits per heavy atom. The Balaban J connectivity index is 1.28. The lowest BCUT2D eigenvalue weighted by molar-refractivity contribution is -0.117. The maximum atomic E-state index is 12.8. The number of piperidine rings is 1. The molecule has 2 bridgehead atoms. The number of fused-ring (bicyclic) bond motifs is 5. The monoisotopic (exact) mass is 415 g/mol. The number of likely N-dealkylation sites (tertiary alicyclic amines) is 1. The van der Waals surface area contributed by atoms with Crippen molar-refractivity contribution in [2.45, 2.75) is 44.6 Å². The molecular weight excluding hydrogens is 386 g/mol. The highest BCUT2D eigenvalue weighted by atomic mass is 16.3. The number of nitrogens with one attached hydrogen (secondary N) is 1. The molecule has 2 heterocycles. The van der Waals surface area contributed by atoms with Crippen molar-refractivity contribution in [2.75, 3.05) is 18.4 Å². The van der Waals surface area contributed by atoms with E-state index in [0.29, 0.717) is 24.1 Å². The maximum Gasteiger partial charge on any atom is 0.225 e. The van der Waals surface area contributed by atoms with Crippen LogP contribution in [0.2, 0.25) is 0 Å². The van der Waals surface area contributed by atoms with Gasteiger partial charge in [-0.25, -0.2) is 0 Å². The molecule has 2 N–H and O–H groups in total. The second kappa shape index (κ2) is 7.65. The summed E-state index contributed by atoms with van der Waals surface area (Å²) < 4.78 is 0. The van der Waals surface area contributed by atoms with Crippen LogP contribution in [0, 0.1) is 5.92 Å². The lowest BCUT2D eigenvalue weighted by Crippen LogP contribution is -2.58. The van der Waals surface area contributed by atoms with E-state index in [4.69, 9.17) is 0 Å². The van der Waals surface area contributed by atoms with Crippen molar-refractivity contribution in [3.05, 3.63) is 66.0 Å². The molecule has 0 unspecified atom stereocenters. The molecule has 1 amide bonds. The topological polar surface area (TPSA) is 65.5 Å². The molecule has 3 atom stereocenters. The fourth-order valence-corrected chi connectivity index (χ4v) is 5.66. The number of nitrogens with zero attached hydrogens (tertiary/aromatic N) is 2. The van der Waals surface area contributed by atoms with Gasteiger partial charge in [-0.05, 0) is 66.1 Å². The summed E-state index contributed by atoms with van der Waals surface area (Å²) in [5.41, 5.74) is 3.56. The van der Waals surface area contributed by atoms with Gasteiger partial charge < -0.3 is 10.4 Å². The largest absolute Gasteiger partial charge is 0.508 e. The molecular formula is C26H29N3O2. The van der Waals surface area contributed by atoms with Crippen molar-refractivity contribution in [1.82, 2.24) is 9.88 Å². The number of amides is 1. The predicted octanol–water partition coefficient (Wildman–Crippen LogP) is 4.49. The summed E-state index contributed by atoms with van der Waals surface area (Å²) >= 11 is 0. The zero-order chi connectivity index (χ0) is 21.6. The molecule has 5 heteroatoms. The Morgan fingerprint density at radius 2 is 2.16 bits per heavy atom. The van der Waals surface area contributed by atoms with Gasteiger partial charge in [0.15, 0.2) is 0 Å². The Labute approximate surface area is 183 Å². The molecule has 2 aliphatic rings. The summed E-state index contributed by atoms with van der Waals surface area (Å²) in [4.78, 5) is 19.4. The van der Waals surface area contributed by atoms with Gasteiger partial charge in [0.25, 0.3) is 0 Å². The van der Waals surface area contributed by atoms with Crippen LogP contribution in [0.4, 0.5) is 5.69 Å². The first-order chi connectivity index (χ1) is 15.0. The summed E-state index contributed by atoms with van der Waals surface area (Å²) in [6, 6.07) is 14.1. The molecule has 3 aromatic rings. The van der Waals surface area contributed by atoms with Gasteiger partial charge in [0.2, 0.25) is 5.91 Å². The van der Waals surface area contributed by atoms with Crippen molar-refractivity contribution < 1.29 is 9.90 Å². The van der Waals surface area contributed by atoms with Crippen LogP contribution in [-0.2, 0) is 16.6 Å². The average Bonchev–Trinajstić information content (AvgIpc) is 2.76. The van der Waals surface area contributed by atoms with Gasteiger partial charge in [-0.15, -0.1) is 0 Å². The molecule has 0 saturated carbocycles. The lowest BCUT2D eigenvalue weighted by Gasteiger charge is -2.54. The molecule has 31 heavy (non-hydrogen) atoms. The number of aromatic nitrogens is 1. The highest BCUT2D eigenvalue weighted by Crippen LogP contribution is 2.49. The third-order valence-electron chi connectivity index (χ3n) is 7.69. The summed E-state index contributed by atoms with van der Waals surface area (Å²) in [6.07, 6.45) is 6.07. The van der Waals surface area contributed by atoms with Crippen LogP contribution in [0.25, 0.3) is 10.8 Å². The first kappa shape index (κ1) is 20.0. The van der Waals surface area contributed by atoms with Crippen LogP contribution in [0.5, 0.6) is 5.75 Å². The predicted molar refractivity (Wildman–Crippen MR) is 123 cm³/mol. The Bertz CT molecular complexity index is 1140. The van der Waals surface area contributed by atoms with Gasteiger partial charge in [-0.1, -0.05) is 32.0 Å². The number of pyridine rings is 1. The molecule has 160 valence electrons. The third kappa shape index (κ3) is 3.47. The SMILES string of the molecule is C[C@H]1[C@H]2Cc3ccc(O)cc3[C@]1(C)CCN2CCC(=O)Nc1cccc2cnccc12. The maximum absolute atomic E-state index is 12.8. The van der Waals surface area contributed by atoms with Crippen LogP contribution < -0.4 is 5.32 Å². The molecule has 5 rings (SSSR count). The molecule has 1 fully saturated rings. The van der Waals surface area contributed by atoms with Crippen molar-refractivity contribution in [1.29, 1.82) is 0 Å². The van der Waals surface area contributed by atoms with Gasteiger partial charge >= 0.3 is 0 Å². The van der Waals surface area contributed by atoms with E-state index in [9.17, 15) is 9.90 Å². The zero-order valence-electron chi connectivity index (χ0n) is 18.1.